The summed E-state index contributed by atoms with van der Waals surface area (Å²) in [5.74, 6) is -0.0196. The molecule has 6 heteroatoms. The van der Waals surface area contributed by atoms with Crippen LogP contribution in [0.25, 0.3) is 11.0 Å². The second-order valence-corrected chi connectivity index (χ2v) is 6.84. The number of anilines is 1. The van der Waals surface area contributed by atoms with E-state index < -0.39 is 11.7 Å². The number of carbonyl (C=O) groups is 1. The minimum atomic E-state index is -0.528. The van der Waals surface area contributed by atoms with Gasteiger partial charge in [-0.25, -0.2) is 9.37 Å². The Hall–Kier alpha value is -2.73. The van der Waals surface area contributed by atoms with Gasteiger partial charge >= 0.3 is 0 Å². The fraction of sp³-hybridized carbons (Fsp3) is 0.300. The van der Waals surface area contributed by atoms with Crippen molar-refractivity contribution in [2.24, 2.45) is 0 Å². The largest absolute Gasteiger partial charge is 0.337 e. The lowest BCUT2D eigenvalue weighted by atomic mass is 10.1. The number of aromatic amines is 1. The maximum absolute atomic E-state index is 13.7. The molecule has 1 fully saturated rings. The number of fused-ring (bicyclic) bond motifs is 1. The summed E-state index contributed by atoms with van der Waals surface area (Å²) in [7, 11) is 0. The molecular formula is C20H22FN4O+. The van der Waals surface area contributed by atoms with E-state index in [4.69, 9.17) is 0 Å². The highest BCUT2D eigenvalue weighted by molar-refractivity contribution is 6.05. The summed E-state index contributed by atoms with van der Waals surface area (Å²) >= 11 is 0. The molecule has 3 aromatic rings. The lowest BCUT2D eigenvalue weighted by Crippen LogP contribution is -3.11. The van der Waals surface area contributed by atoms with Crippen molar-refractivity contribution in [2.45, 2.75) is 25.8 Å². The van der Waals surface area contributed by atoms with Crippen molar-refractivity contribution in [3.63, 3.8) is 0 Å². The van der Waals surface area contributed by atoms with Crippen LogP contribution in [0.1, 0.15) is 35.4 Å². The second-order valence-electron chi connectivity index (χ2n) is 6.84. The van der Waals surface area contributed by atoms with Gasteiger partial charge in [0.1, 0.15) is 12.4 Å². The van der Waals surface area contributed by atoms with Gasteiger partial charge in [-0.1, -0.05) is 12.1 Å². The zero-order valence-electron chi connectivity index (χ0n) is 14.5. The summed E-state index contributed by atoms with van der Waals surface area (Å²) in [4.78, 5) is 21.8. The van der Waals surface area contributed by atoms with Gasteiger partial charge in [-0.15, -0.1) is 0 Å². The van der Waals surface area contributed by atoms with Crippen molar-refractivity contribution < 1.29 is 14.1 Å². The molecule has 0 saturated carbocycles. The molecule has 26 heavy (non-hydrogen) atoms. The molecule has 0 unspecified atom stereocenters. The summed E-state index contributed by atoms with van der Waals surface area (Å²) in [6.45, 7) is 3.29. The van der Waals surface area contributed by atoms with E-state index in [1.807, 2.05) is 12.1 Å². The predicted molar refractivity (Wildman–Crippen MR) is 98.7 cm³/mol. The lowest BCUT2D eigenvalue weighted by Gasteiger charge is -2.22. The Balaban J connectivity index is 1.50. The quantitative estimate of drug-likeness (QED) is 0.675. The molecule has 0 aliphatic carbocycles. The first-order valence-electron chi connectivity index (χ1n) is 9.07. The number of likely N-dealkylation sites (tertiary alicyclic amines) is 1. The molecular weight excluding hydrogens is 331 g/mol. The monoisotopic (exact) mass is 353 g/mol. The number of nitrogens with zero attached hydrogens (tertiary/aromatic N) is 1. The van der Waals surface area contributed by atoms with Gasteiger partial charge in [-0.05, 0) is 49.6 Å². The number of H-pyrrole nitrogens is 1. The number of hydrogen-bond donors (Lipinski definition) is 3. The third-order valence-corrected chi connectivity index (χ3v) is 4.89. The van der Waals surface area contributed by atoms with E-state index in [2.05, 4.69) is 15.3 Å². The van der Waals surface area contributed by atoms with E-state index in [9.17, 15) is 9.18 Å². The molecule has 0 spiro atoms. The summed E-state index contributed by atoms with van der Waals surface area (Å²) in [5, 5.41) is 2.75. The molecule has 3 N–H and O–H groups in total. The van der Waals surface area contributed by atoms with E-state index in [1.54, 1.807) is 23.1 Å². The Morgan fingerprint density at radius 1 is 1.15 bits per heavy atom. The lowest BCUT2D eigenvalue weighted by molar-refractivity contribution is -0.919. The highest BCUT2D eigenvalue weighted by Crippen LogP contribution is 2.18. The number of quaternary nitrogens is 1. The SMILES string of the molecule is O=C(Nc1ccc2nc(C[NH+]3CCCCC3)[nH]c2c1)c1ccccc1F. The molecule has 1 amide bonds. The number of piperidine rings is 1. The minimum absolute atomic E-state index is 0.0339. The number of aromatic nitrogens is 2. The van der Waals surface area contributed by atoms with Crippen LogP contribution in [0.2, 0.25) is 0 Å². The van der Waals surface area contributed by atoms with Gasteiger partial charge in [0.15, 0.2) is 5.82 Å². The molecule has 134 valence electrons. The Morgan fingerprint density at radius 2 is 1.96 bits per heavy atom. The number of halogens is 1. The summed E-state index contributed by atoms with van der Waals surface area (Å²) in [6, 6.07) is 11.5. The third kappa shape index (κ3) is 3.60. The van der Waals surface area contributed by atoms with Gasteiger partial charge in [-0.3, -0.25) is 4.79 Å². The molecule has 5 nitrogen and oxygen atoms in total. The highest BCUT2D eigenvalue weighted by atomic mass is 19.1. The number of imidazole rings is 1. The van der Waals surface area contributed by atoms with Crippen molar-refractivity contribution in [2.75, 3.05) is 18.4 Å². The molecule has 4 rings (SSSR count). The summed E-state index contributed by atoms with van der Waals surface area (Å²) in [6.07, 6.45) is 3.89. The van der Waals surface area contributed by atoms with Gasteiger partial charge in [-0.2, -0.15) is 0 Å². The summed E-state index contributed by atoms with van der Waals surface area (Å²) in [5.41, 5.74) is 2.40. The van der Waals surface area contributed by atoms with Crippen LogP contribution in [0.3, 0.4) is 0 Å². The number of benzene rings is 2. The van der Waals surface area contributed by atoms with Crippen LogP contribution in [0.5, 0.6) is 0 Å². The normalized spacial score (nSPS) is 15.3. The average Bonchev–Trinajstić information content (AvgIpc) is 3.04. The number of hydrogen-bond acceptors (Lipinski definition) is 2. The van der Waals surface area contributed by atoms with Crippen molar-refractivity contribution in [3.05, 3.63) is 59.7 Å². The molecule has 1 aliphatic heterocycles. The molecule has 1 aliphatic rings. The number of carbonyl (C=O) groups excluding carboxylic acids is 1. The van der Waals surface area contributed by atoms with Crippen LogP contribution in [0.15, 0.2) is 42.5 Å². The Kier molecular flexibility index (Phi) is 4.67. The predicted octanol–water partition coefficient (Wildman–Crippen LogP) is 2.52. The fourth-order valence-electron chi connectivity index (χ4n) is 3.53. The molecule has 2 heterocycles. The van der Waals surface area contributed by atoms with Crippen LogP contribution in [0.4, 0.5) is 10.1 Å². The van der Waals surface area contributed by atoms with Crippen LogP contribution in [-0.2, 0) is 6.54 Å². The first-order valence-corrected chi connectivity index (χ1v) is 9.07. The zero-order chi connectivity index (χ0) is 17.9. The molecule has 1 aromatic heterocycles. The third-order valence-electron chi connectivity index (χ3n) is 4.89. The second kappa shape index (κ2) is 7.25. The van der Waals surface area contributed by atoms with E-state index in [0.717, 1.165) is 23.4 Å². The molecule has 0 atom stereocenters. The van der Waals surface area contributed by atoms with Crippen LogP contribution < -0.4 is 10.2 Å². The molecule has 0 radical (unpaired) electrons. The van der Waals surface area contributed by atoms with E-state index in [0.29, 0.717) is 5.69 Å². The van der Waals surface area contributed by atoms with Gasteiger partial charge in [0.2, 0.25) is 0 Å². The topological polar surface area (TPSA) is 62.2 Å². The maximum Gasteiger partial charge on any atom is 0.258 e. The van der Waals surface area contributed by atoms with Crippen molar-refractivity contribution in [1.82, 2.24) is 9.97 Å². The van der Waals surface area contributed by atoms with Gasteiger partial charge in [0.05, 0.1) is 29.7 Å². The maximum atomic E-state index is 13.7. The van der Waals surface area contributed by atoms with Gasteiger partial charge < -0.3 is 15.2 Å². The van der Waals surface area contributed by atoms with E-state index in [-0.39, 0.29) is 5.56 Å². The summed E-state index contributed by atoms with van der Waals surface area (Å²) < 4.78 is 13.7. The van der Waals surface area contributed by atoms with Crippen LogP contribution in [0, 0.1) is 5.82 Å². The standard InChI is InChI=1S/C20H21FN4O/c21-16-7-3-2-6-15(16)20(26)22-14-8-9-17-18(12-14)24-19(23-17)13-25-10-4-1-5-11-25/h2-3,6-9,12H,1,4-5,10-11,13H2,(H,22,26)(H,23,24)/p+1. The first-order chi connectivity index (χ1) is 12.7. The molecule has 2 aromatic carbocycles. The highest BCUT2D eigenvalue weighted by Gasteiger charge is 2.16. The van der Waals surface area contributed by atoms with Crippen LogP contribution >= 0.6 is 0 Å². The fourth-order valence-corrected chi connectivity index (χ4v) is 3.53. The smallest absolute Gasteiger partial charge is 0.258 e. The molecule has 0 bridgehead atoms. The zero-order valence-corrected chi connectivity index (χ0v) is 14.5. The number of nitrogens with one attached hydrogen (secondary N) is 3. The van der Waals surface area contributed by atoms with E-state index >= 15 is 0 Å². The van der Waals surface area contributed by atoms with Gasteiger partial charge in [0.25, 0.3) is 5.91 Å². The Bertz CT molecular complexity index is 930. The minimum Gasteiger partial charge on any atom is -0.337 e. The number of rotatable bonds is 4. The number of amides is 1. The Morgan fingerprint density at radius 3 is 2.77 bits per heavy atom. The van der Waals surface area contributed by atoms with E-state index in [1.165, 1.54) is 44.5 Å². The van der Waals surface area contributed by atoms with Crippen LogP contribution in [-0.4, -0.2) is 29.0 Å². The first kappa shape index (κ1) is 16.7. The Labute approximate surface area is 151 Å². The molecule has 1 saturated heterocycles. The van der Waals surface area contributed by atoms with Gasteiger partial charge in [0, 0.05) is 5.69 Å². The van der Waals surface area contributed by atoms with Crippen molar-refractivity contribution in [1.29, 1.82) is 0 Å². The van der Waals surface area contributed by atoms with Crippen molar-refractivity contribution in [3.8, 4) is 0 Å². The van der Waals surface area contributed by atoms with Crippen molar-refractivity contribution >= 4 is 22.6 Å². The average molecular weight is 353 g/mol.